The number of nitrogens with one attached hydrogen (secondary N) is 1. The van der Waals surface area contributed by atoms with Crippen LogP contribution in [0.4, 0.5) is 10.1 Å². The topological polar surface area (TPSA) is 78.2 Å². The Labute approximate surface area is 209 Å². The molecular formula is C25H30FN3O5S. The minimum atomic E-state index is -0.310. The van der Waals surface area contributed by atoms with Crippen molar-refractivity contribution in [2.45, 2.75) is 25.2 Å². The van der Waals surface area contributed by atoms with Crippen molar-refractivity contribution >= 4 is 34.0 Å². The second kappa shape index (κ2) is 11.5. The zero-order valence-electron chi connectivity index (χ0n) is 20.1. The van der Waals surface area contributed by atoms with Gasteiger partial charge in [0.05, 0.1) is 33.6 Å². The predicted octanol–water partition coefficient (Wildman–Crippen LogP) is 4.98. The van der Waals surface area contributed by atoms with Gasteiger partial charge in [-0.05, 0) is 56.7 Å². The molecule has 1 saturated heterocycles. The molecule has 4 rings (SSSR count). The number of halogens is 1. The Hall–Kier alpha value is -3.11. The number of rotatable bonds is 9. The molecule has 0 amide bonds. The summed E-state index contributed by atoms with van der Waals surface area (Å²) in [6, 6.07) is 8.15. The lowest BCUT2D eigenvalue weighted by molar-refractivity contribution is 0.189. The van der Waals surface area contributed by atoms with Crippen LogP contribution in [0, 0.1) is 5.82 Å². The molecule has 0 atom stereocenters. The highest BCUT2D eigenvalue weighted by molar-refractivity contribution is 7.80. The van der Waals surface area contributed by atoms with E-state index < -0.39 is 0 Å². The molecule has 0 saturated carbocycles. The van der Waals surface area contributed by atoms with E-state index in [1.54, 1.807) is 39.5 Å². The van der Waals surface area contributed by atoms with Crippen LogP contribution in [0.5, 0.6) is 17.2 Å². The van der Waals surface area contributed by atoms with Crippen molar-refractivity contribution in [2.75, 3.05) is 52.9 Å². The first-order chi connectivity index (χ1) is 17.0. The summed E-state index contributed by atoms with van der Waals surface area (Å²) in [6.07, 6.45) is 2.83. The van der Waals surface area contributed by atoms with Crippen molar-refractivity contribution in [1.29, 1.82) is 0 Å². The fourth-order valence-corrected chi connectivity index (χ4v) is 4.62. The lowest BCUT2D eigenvalue weighted by atomic mass is 9.91. The lowest BCUT2D eigenvalue weighted by Gasteiger charge is -2.31. The average Bonchev–Trinajstić information content (AvgIpc) is 3.29. The molecular weight excluding hydrogens is 473 g/mol. The summed E-state index contributed by atoms with van der Waals surface area (Å²) in [6.45, 7) is 3.36. The Morgan fingerprint density at radius 2 is 1.83 bits per heavy atom. The molecule has 0 spiro atoms. The van der Waals surface area contributed by atoms with Gasteiger partial charge in [0, 0.05) is 41.7 Å². The fraction of sp³-hybridized carbons (Fsp3) is 0.440. The van der Waals surface area contributed by atoms with Crippen LogP contribution < -0.4 is 19.5 Å². The Kier molecular flexibility index (Phi) is 8.25. The monoisotopic (exact) mass is 503 g/mol. The molecule has 0 unspecified atom stereocenters. The smallest absolute Gasteiger partial charge is 0.261 e. The summed E-state index contributed by atoms with van der Waals surface area (Å²) in [5, 5.41) is 8.48. The Bertz CT molecular complexity index is 1140. The molecule has 3 aromatic rings. The number of piperidine rings is 1. The number of hydrogen-bond acceptors (Lipinski definition) is 8. The van der Waals surface area contributed by atoms with Gasteiger partial charge >= 0.3 is 0 Å². The van der Waals surface area contributed by atoms with Gasteiger partial charge in [0.1, 0.15) is 5.82 Å². The number of thiocarbonyl (C=S) groups is 1. The first-order valence-electron chi connectivity index (χ1n) is 11.5. The highest BCUT2D eigenvalue weighted by Gasteiger charge is 2.25. The number of anilines is 1. The van der Waals surface area contributed by atoms with Crippen LogP contribution in [0.1, 0.15) is 30.9 Å². The number of fused-ring (bicyclic) bond motifs is 1. The van der Waals surface area contributed by atoms with E-state index in [0.717, 1.165) is 50.0 Å². The maximum atomic E-state index is 13.4. The summed E-state index contributed by atoms with van der Waals surface area (Å²) >= 11 is 5.33. The standard InChI is InChI=1S/C25H30FN3O5S/c1-30-21-14-18(15-22(31-2)24(21)32-3)27-25(35)33-12-4-9-29-10-7-16(8-11-29)23-19-6-5-17(26)13-20(19)34-28-23/h5-6,13-16H,4,7-12H2,1-3H3,(H,27,35). The lowest BCUT2D eigenvalue weighted by Crippen LogP contribution is -2.34. The van der Waals surface area contributed by atoms with Crippen LogP contribution in [0.2, 0.25) is 0 Å². The summed E-state index contributed by atoms with van der Waals surface area (Å²) in [7, 11) is 4.68. The number of nitrogens with zero attached hydrogens (tertiary/aromatic N) is 2. The molecule has 10 heteroatoms. The summed E-state index contributed by atoms with van der Waals surface area (Å²) in [4.78, 5) is 2.41. The number of benzene rings is 2. The minimum Gasteiger partial charge on any atom is -0.493 e. The molecule has 1 N–H and O–H groups in total. The molecule has 1 fully saturated rings. The highest BCUT2D eigenvalue weighted by Crippen LogP contribution is 2.40. The average molecular weight is 504 g/mol. The van der Waals surface area contributed by atoms with Crippen LogP contribution in [0.15, 0.2) is 34.9 Å². The van der Waals surface area contributed by atoms with Crippen molar-refractivity contribution in [1.82, 2.24) is 10.1 Å². The van der Waals surface area contributed by atoms with Crippen LogP contribution >= 0.6 is 12.2 Å². The first kappa shape index (κ1) is 25.0. The van der Waals surface area contributed by atoms with Gasteiger partial charge in [-0.3, -0.25) is 0 Å². The Morgan fingerprint density at radius 3 is 2.49 bits per heavy atom. The van der Waals surface area contributed by atoms with Gasteiger partial charge in [0.25, 0.3) is 5.17 Å². The van der Waals surface area contributed by atoms with E-state index in [2.05, 4.69) is 15.4 Å². The van der Waals surface area contributed by atoms with Crippen molar-refractivity contribution < 1.29 is 27.9 Å². The third kappa shape index (κ3) is 5.94. The molecule has 8 nitrogen and oxygen atoms in total. The molecule has 2 aromatic carbocycles. The molecule has 1 aliphatic heterocycles. The molecule has 188 valence electrons. The number of aromatic nitrogens is 1. The SMILES string of the molecule is COc1cc(NC(=S)OCCCN2CCC(c3noc4cc(F)ccc34)CC2)cc(OC)c1OC. The van der Waals surface area contributed by atoms with E-state index in [1.807, 2.05) is 0 Å². The van der Waals surface area contributed by atoms with Gasteiger partial charge < -0.3 is 33.7 Å². The Morgan fingerprint density at radius 1 is 1.11 bits per heavy atom. The van der Waals surface area contributed by atoms with Crippen LogP contribution in [-0.2, 0) is 4.74 Å². The van der Waals surface area contributed by atoms with E-state index in [0.29, 0.717) is 41.0 Å². The van der Waals surface area contributed by atoms with Gasteiger partial charge in [-0.25, -0.2) is 4.39 Å². The van der Waals surface area contributed by atoms with E-state index in [4.69, 9.17) is 35.7 Å². The number of methoxy groups -OCH3 is 3. The summed E-state index contributed by atoms with van der Waals surface area (Å²) < 4.78 is 40.5. The first-order valence-corrected chi connectivity index (χ1v) is 11.9. The third-order valence-corrected chi connectivity index (χ3v) is 6.42. The van der Waals surface area contributed by atoms with E-state index in [1.165, 1.54) is 12.1 Å². The van der Waals surface area contributed by atoms with Crippen molar-refractivity contribution in [3.8, 4) is 17.2 Å². The number of ether oxygens (including phenoxy) is 4. The molecule has 35 heavy (non-hydrogen) atoms. The van der Waals surface area contributed by atoms with Crippen LogP contribution in [0.25, 0.3) is 11.0 Å². The van der Waals surface area contributed by atoms with Gasteiger partial charge in [-0.2, -0.15) is 0 Å². The maximum absolute atomic E-state index is 13.4. The number of likely N-dealkylation sites (tertiary alicyclic amines) is 1. The minimum absolute atomic E-state index is 0.285. The van der Waals surface area contributed by atoms with Gasteiger partial charge in [-0.15, -0.1) is 0 Å². The van der Waals surface area contributed by atoms with E-state index >= 15 is 0 Å². The van der Waals surface area contributed by atoms with Crippen LogP contribution in [-0.4, -0.2) is 62.8 Å². The summed E-state index contributed by atoms with van der Waals surface area (Å²) in [5.74, 6) is 1.60. The maximum Gasteiger partial charge on any atom is 0.261 e. The van der Waals surface area contributed by atoms with Gasteiger partial charge in [-0.1, -0.05) is 5.16 Å². The fourth-order valence-electron chi connectivity index (χ4n) is 4.42. The highest BCUT2D eigenvalue weighted by atomic mass is 32.1. The van der Waals surface area contributed by atoms with E-state index in [9.17, 15) is 4.39 Å². The second-order valence-corrected chi connectivity index (χ2v) is 8.72. The van der Waals surface area contributed by atoms with Gasteiger partial charge in [0.2, 0.25) is 5.75 Å². The largest absolute Gasteiger partial charge is 0.493 e. The summed E-state index contributed by atoms with van der Waals surface area (Å²) in [5.41, 5.74) is 2.14. The molecule has 0 radical (unpaired) electrons. The molecule has 1 aromatic heterocycles. The number of hydrogen-bond donors (Lipinski definition) is 1. The van der Waals surface area contributed by atoms with Crippen molar-refractivity contribution in [2.24, 2.45) is 0 Å². The van der Waals surface area contributed by atoms with E-state index in [-0.39, 0.29) is 11.0 Å². The third-order valence-electron chi connectivity index (χ3n) is 6.20. The zero-order chi connectivity index (χ0) is 24.8. The molecule has 2 heterocycles. The van der Waals surface area contributed by atoms with Crippen molar-refractivity contribution in [3.63, 3.8) is 0 Å². The molecule has 0 bridgehead atoms. The van der Waals surface area contributed by atoms with Crippen molar-refractivity contribution in [3.05, 3.63) is 41.8 Å². The molecule has 0 aliphatic carbocycles. The second-order valence-electron chi connectivity index (χ2n) is 8.35. The Balaban J connectivity index is 1.20. The predicted molar refractivity (Wildman–Crippen MR) is 135 cm³/mol. The zero-order valence-corrected chi connectivity index (χ0v) is 21.0. The quantitative estimate of drug-likeness (QED) is 0.321. The van der Waals surface area contributed by atoms with Crippen LogP contribution in [0.3, 0.4) is 0 Å². The normalized spacial score (nSPS) is 14.6. The molecule has 1 aliphatic rings. The van der Waals surface area contributed by atoms with Gasteiger partial charge in [0.15, 0.2) is 17.1 Å².